The second kappa shape index (κ2) is 15.0. The molecular formula is C38H47N5O8S. The van der Waals surface area contributed by atoms with Crippen molar-refractivity contribution < 1.29 is 37.1 Å². The first kappa shape index (κ1) is 36.0. The van der Waals surface area contributed by atoms with Gasteiger partial charge < -0.3 is 20.3 Å². The van der Waals surface area contributed by atoms with Crippen LogP contribution in [0.3, 0.4) is 0 Å². The van der Waals surface area contributed by atoms with Crippen LogP contribution >= 0.6 is 0 Å². The van der Waals surface area contributed by atoms with Crippen molar-refractivity contribution in [1.29, 1.82) is 0 Å². The van der Waals surface area contributed by atoms with E-state index in [1.165, 1.54) is 4.90 Å². The van der Waals surface area contributed by atoms with Gasteiger partial charge in [0.15, 0.2) is 0 Å². The molecule has 13 nitrogen and oxygen atoms in total. The Morgan fingerprint density at radius 3 is 2.63 bits per heavy atom. The fourth-order valence-corrected chi connectivity index (χ4v) is 9.18. The average molecular weight is 734 g/mol. The van der Waals surface area contributed by atoms with E-state index >= 15 is 0 Å². The zero-order valence-corrected chi connectivity index (χ0v) is 30.1. The minimum atomic E-state index is -3.88. The number of hydrogen-bond acceptors (Lipinski definition) is 9. The molecule has 1 aromatic carbocycles. The molecule has 5 atom stereocenters. The van der Waals surface area contributed by atoms with Crippen LogP contribution in [-0.4, -0.2) is 83.7 Å². The number of fused-ring (bicyclic) bond motifs is 4. The highest BCUT2D eigenvalue weighted by Gasteiger charge is 2.62. The van der Waals surface area contributed by atoms with Crippen molar-refractivity contribution in [2.45, 2.75) is 113 Å². The molecule has 1 aromatic heterocycles. The van der Waals surface area contributed by atoms with Crippen LogP contribution in [0.15, 0.2) is 42.5 Å². The lowest BCUT2D eigenvalue weighted by molar-refractivity contribution is -0.144. The van der Waals surface area contributed by atoms with Gasteiger partial charge in [-0.2, -0.15) is 0 Å². The summed E-state index contributed by atoms with van der Waals surface area (Å²) in [6.45, 7) is 0.454. The summed E-state index contributed by atoms with van der Waals surface area (Å²) in [7, 11) is -3.88. The lowest BCUT2D eigenvalue weighted by Crippen LogP contribution is -2.57. The summed E-state index contributed by atoms with van der Waals surface area (Å²) in [6, 6.07) is 7.28. The maximum Gasteiger partial charge on any atom is 0.270 e. The Labute approximate surface area is 303 Å². The topological polar surface area (TPSA) is 181 Å². The van der Waals surface area contributed by atoms with Gasteiger partial charge in [-0.3, -0.25) is 28.7 Å². The van der Waals surface area contributed by atoms with E-state index in [2.05, 4.69) is 20.3 Å². The summed E-state index contributed by atoms with van der Waals surface area (Å²) in [5, 5.41) is 6.03. The molecule has 3 fully saturated rings. The number of rotatable bonds is 3. The standard InChI is InChI=1S/C38H47N5O8S/c44-28-13-7-4-8-19-51-32-14-9-11-24-15-18-30(40-33(24)32)34(45)39-27-21-31-35(46)41-38(37(48)42-52(49,50)29-16-17-29)22-26(38)12-6-3-1-2-5-10-25(20-28)36(47)43(31)23-27/h6,9,11-12,14-15,18,25-27,29,31H,1-5,7-8,10,13,16-17,19-23H2,(H,39,45)(H,41,46)(H,42,48)/b12-6-/t25-,26-,27+,31+,38-/m1/s1. The third kappa shape index (κ3) is 7.86. The largest absolute Gasteiger partial charge is 0.491 e. The van der Waals surface area contributed by atoms with Crippen molar-refractivity contribution in [2.75, 3.05) is 13.2 Å². The van der Waals surface area contributed by atoms with Crippen LogP contribution in [-0.2, 0) is 29.2 Å². The zero-order chi connectivity index (χ0) is 36.5. The average Bonchev–Trinajstić information content (AvgIpc) is 4.04. The molecule has 1 saturated heterocycles. The summed E-state index contributed by atoms with van der Waals surface area (Å²) in [4.78, 5) is 75.4. The first-order chi connectivity index (χ1) is 25.0. The van der Waals surface area contributed by atoms with E-state index in [1.54, 1.807) is 12.1 Å². The number of nitrogens with one attached hydrogen (secondary N) is 3. The molecular weight excluding hydrogens is 687 g/mol. The monoisotopic (exact) mass is 733 g/mol. The van der Waals surface area contributed by atoms with E-state index in [1.807, 2.05) is 30.4 Å². The summed E-state index contributed by atoms with van der Waals surface area (Å²) in [5.74, 6) is -2.71. The normalized spacial score (nSPS) is 30.0. The summed E-state index contributed by atoms with van der Waals surface area (Å²) >= 11 is 0. The van der Waals surface area contributed by atoms with Gasteiger partial charge in [0.2, 0.25) is 21.8 Å². The van der Waals surface area contributed by atoms with Gasteiger partial charge in [0.25, 0.3) is 11.8 Å². The highest BCUT2D eigenvalue weighted by atomic mass is 32.2. The Kier molecular flexibility index (Phi) is 10.4. The number of carbonyl (C=O) groups is 5. The molecule has 4 heterocycles. The number of amides is 4. The molecule has 7 rings (SSSR count). The van der Waals surface area contributed by atoms with E-state index < -0.39 is 62.5 Å². The van der Waals surface area contributed by atoms with Gasteiger partial charge in [0, 0.05) is 42.7 Å². The third-order valence-electron chi connectivity index (χ3n) is 11.1. The third-order valence-corrected chi connectivity index (χ3v) is 12.9. The number of pyridine rings is 1. The number of sulfonamides is 1. The van der Waals surface area contributed by atoms with Gasteiger partial charge in [-0.1, -0.05) is 43.2 Å². The molecule has 2 aliphatic carbocycles. The number of ether oxygens (including phenoxy) is 1. The van der Waals surface area contributed by atoms with Crippen LogP contribution in [0.4, 0.5) is 0 Å². The number of ketones is 1. The number of nitrogens with zero attached hydrogens (tertiary/aromatic N) is 2. The number of benzene rings is 1. The first-order valence-electron chi connectivity index (χ1n) is 18.7. The van der Waals surface area contributed by atoms with E-state index in [0.717, 1.165) is 43.9 Å². The van der Waals surface area contributed by atoms with Crippen molar-refractivity contribution in [2.24, 2.45) is 11.8 Å². The Bertz CT molecular complexity index is 1890. The fraction of sp³-hybridized carbons (Fsp3) is 0.579. The Hall–Kier alpha value is -4.33. The molecule has 0 spiro atoms. The van der Waals surface area contributed by atoms with Crippen LogP contribution in [0, 0.1) is 11.8 Å². The molecule has 5 bridgehead atoms. The predicted molar refractivity (Wildman–Crippen MR) is 191 cm³/mol. The molecule has 278 valence electrons. The van der Waals surface area contributed by atoms with Crippen molar-refractivity contribution in [3.05, 3.63) is 48.2 Å². The molecule has 14 heteroatoms. The first-order valence-corrected chi connectivity index (χ1v) is 20.3. The van der Waals surface area contributed by atoms with E-state index in [0.29, 0.717) is 50.0 Å². The quantitative estimate of drug-likeness (QED) is 0.398. The number of aromatic nitrogens is 1. The van der Waals surface area contributed by atoms with Crippen molar-refractivity contribution in [3.63, 3.8) is 0 Å². The van der Waals surface area contributed by atoms with Crippen LogP contribution in [0.1, 0.15) is 100 Å². The van der Waals surface area contributed by atoms with Crippen LogP contribution in [0.2, 0.25) is 0 Å². The van der Waals surface area contributed by atoms with Gasteiger partial charge >= 0.3 is 0 Å². The van der Waals surface area contributed by atoms with Crippen LogP contribution < -0.4 is 20.1 Å². The number of hydrogen-bond donors (Lipinski definition) is 3. The molecule has 52 heavy (non-hydrogen) atoms. The van der Waals surface area contributed by atoms with Crippen molar-refractivity contribution in [1.82, 2.24) is 25.2 Å². The number of Topliss-reactive ketones (excluding diaryl/α,β-unsaturated/α-hetero) is 1. The van der Waals surface area contributed by atoms with Gasteiger partial charge in [0.1, 0.15) is 34.3 Å². The predicted octanol–water partition coefficient (Wildman–Crippen LogP) is 3.47. The Morgan fingerprint density at radius 2 is 1.81 bits per heavy atom. The highest BCUT2D eigenvalue weighted by Crippen LogP contribution is 2.46. The molecule has 4 amide bonds. The second-order valence-corrected chi connectivity index (χ2v) is 17.0. The summed E-state index contributed by atoms with van der Waals surface area (Å²) < 4.78 is 33.8. The molecule has 0 radical (unpaired) electrons. The van der Waals surface area contributed by atoms with E-state index in [4.69, 9.17) is 4.74 Å². The molecule has 5 aliphatic rings. The van der Waals surface area contributed by atoms with Crippen LogP contribution in [0.5, 0.6) is 5.75 Å². The van der Waals surface area contributed by atoms with E-state index in [9.17, 15) is 32.4 Å². The highest BCUT2D eigenvalue weighted by molar-refractivity contribution is 7.91. The maximum absolute atomic E-state index is 14.4. The van der Waals surface area contributed by atoms with Crippen LogP contribution in [0.25, 0.3) is 10.9 Å². The molecule has 3 aliphatic heterocycles. The lowest BCUT2D eigenvalue weighted by Gasteiger charge is -2.29. The summed E-state index contributed by atoms with van der Waals surface area (Å²) in [6.07, 6.45) is 11.2. The molecule has 3 N–H and O–H groups in total. The number of para-hydroxylation sites is 1. The van der Waals surface area contributed by atoms with Crippen molar-refractivity contribution in [3.8, 4) is 5.75 Å². The number of allylic oxidation sites excluding steroid dienone is 1. The zero-order valence-electron chi connectivity index (χ0n) is 29.3. The Balaban J connectivity index is 1.20. The fourth-order valence-electron chi connectivity index (χ4n) is 7.82. The van der Waals surface area contributed by atoms with Gasteiger partial charge in [0.05, 0.1) is 11.9 Å². The molecule has 0 unspecified atom stereocenters. The minimum absolute atomic E-state index is 0.0126. The SMILES string of the molecule is O=C1CCCCCOc2cccc3ccc(nc23)C(=O)N[C@H]2C[C@H]3C(=O)N[C@]4(C(=O)NS(=O)(=O)C5CC5)C[C@H]4/C=C\CCCCC[C@H](C1)C(=O)N3C2. The Morgan fingerprint density at radius 1 is 0.981 bits per heavy atom. The minimum Gasteiger partial charge on any atom is -0.491 e. The molecule has 2 aromatic rings. The number of carbonyl (C=O) groups excluding carboxylic acids is 5. The van der Waals surface area contributed by atoms with E-state index in [-0.39, 0.29) is 43.2 Å². The van der Waals surface area contributed by atoms with Gasteiger partial charge in [-0.05, 0) is 76.3 Å². The second-order valence-electron chi connectivity index (χ2n) is 15.0. The maximum atomic E-state index is 14.4. The molecule has 2 saturated carbocycles. The van der Waals surface area contributed by atoms with Gasteiger partial charge in [-0.15, -0.1) is 0 Å². The lowest BCUT2D eigenvalue weighted by atomic mass is 9.92. The van der Waals surface area contributed by atoms with Crippen molar-refractivity contribution >= 4 is 50.3 Å². The summed E-state index contributed by atoms with van der Waals surface area (Å²) in [5.41, 5.74) is -0.786. The smallest absolute Gasteiger partial charge is 0.270 e. The van der Waals surface area contributed by atoms with Gasteiger partial charge in [-0.25, -0.2) is 13.4 Å².